The van der Waals surface area contributed by atoms with Crippen LogP contribution in [0.5, 0.6) is 0 Å². The van der Waals surface area contributed by atoms with E-state index in [2.05, 4.69) is 12.0 Å². The summed E-state index contributed by atoms with van der Waals surface area (Å²) in [7, 11) is 0. The smallest absolute Gasteiger partial charge is 0.400 e. The summed E-state index contributed by atoms with van der Waals surface area (Å²) in [4.78, 5) is 21.5. The van der Waals surface area contributed by atoms with Crippen LogP contribution >= 0.6 is 0 Å². The van der Waals surface area contributed by atoms with Crippen molar-refractivity contribution in [1.29, 1.82) is 0 Å². The first kappa shape index (κ1) is 25.7. The van der Waals surface area contributed by atoms with Gasteiger partial charge in [-0.3, -0.25) is 10.1 Å². The highest BCUT2D eigenvalue weighted by Crippen LogP contribution is 2.15. The molecule has 170 valence electrons. The maximum absolute atomic E-state index is 11.5. The Morgan fingerprint density at radius 3 is 1.93 bits per heavy atom. The first-order chi connectivity index (χ1) is 14.5. The maximum Gasteiger partial charge on any atom is 0.433 e. The van der Waals surface area contributed by atoms with Crippen molar-refractivity contribution in [2.24, 2.45) is 10.8 Å². The molecule has 30 heavy (non-hydrogen) atoms. The zero-order valence-electron chi connectivity index (χ0n) is 18.4. The third-order valence-electron chi connectivity index (χ3n) is 5.09. The van der Waals surface area contributed by atoms with E-state index in [0.717, 1.165) is 24.3 Å². The summed E-state index contributed by atoms with van der Waals surface area (Å²) < 4.78 is 4.97. The second-order valence-corrected chi connectivity index (χ2v) is 7.74. The average Bonchev–Trinajstić information content (AvgIpc) is 3.19. The highest BCUT2D eigenvalue weighted by atomic mass is 16.6. The van der Waals surface area contributed by atoms with Gasteiger partial charge in [-0.15, -0.1) is 0 Å². The number of hydrogen-bond donors (Lipinski definition) is 1. The molecular weight excluding hydrogens is 384 g/mol. The van der Waals surface area contributed by atoms with Gasteiger partial charge in [0.15, 0.2) is 5.76 Å². The first-order valence-corrected chi connectivity index (χ1v) is 11.4. The molecule has 8 heteroatoms. The molecule has 0 bridgehead atoms. The average molecular weight is 423 g/mol. The molecule has 2 N–H and O–H groups in total. The van der Waals surface area contributed by atoms with E-state index in [9.17, 15) is 14.9 Å². The highest BCUT2D eigenvalue weighted by Gasteiger charge is 2.11. The molecule has 1 rings (SSSR count). The number of hydrazone groups is 1. The van der Waals surface area contributed by atoms with Gasteiger partial charge in [0.2, 0.25) is 0 Å². The lowest BCUT2D eigenvalue weighted by molar-refractivity contribution is -0.402. The largest absolute Gasteiger partial charge is 0.433 e. The minimum absolute atomic E-state index is 0.203. The quantitative estimate of drug-likeness (QED) is 0.128. The van der Waals surface area contributed by atoms with Crippen LogP contribution in [0.2, 0.25) is 0 Å². The van der Waals surface area contributed by atoms with Crippen molar-refractivity contribution in [3.8, 4) is 0 Å². The standard InChI is InChI=1S/C22H38N4O4/c1-2-3-4-5-6-7-8-9-10-11-12-13-14-15-18-25(22(23)27)24-19-20-16-17-21(30-20)26(28)29/h16-17,19H,2-15,18H2,1H3,(H2,23,27)/b24-19-. The molecule has 0 aromatic carbocycles. The van der Waals surface area contributed by atoms with Crippen molar-refractivity contribution in [2.45, 2.75) is 96.8 Å². The molecule has 0 aliphatic carbocycles. The Morgan fingerprint density at radius 1 is 1.00 bits per heavy atom. The minimum atomic E-state index is -0.651. The Labute approximate surface area is 180 Å². The minimum Gasteiger partial charge on any atom is -0.400 e. The monoisotopic (exact) mass is 422 g/mol. The van der Waals surface area contributed by atoms with E-state index >= 15 is 0 Å². The summed E-state index contributed by atoms with van der Waals surface area (Å²) >= 11 is 0. The van der Waals surface area contributed by atoms with E-state index in [1.54, 1.807) is 0 Å². The van der Waals surface area contributed by atoms with Crippen molar-refractivity contribution in [3.05, 3.63) is 28.0 Å². The van der Waals surface area contributed by atoms with E-state index in [1.165, 1.54) is 89.0 Å². The van der Waals surface area contributed by atoms with Crippen molar-refractivity contribution < 1.29 is 14.1 Å². The van der Waals surface area contributed by atoms with Crippen LogP contribution < -0.4 is 5.73 Å². The van der Waals surface area contributed by atoms with Gasteiger partial charge in [-0.1, -0.05) is 90.4 Å². The summed E-state index contributed by atoms with van der Waals surface area (Å²) in [5, 5.41) is 15.7. The van der Waals surface area contributed by atoms with Crippen LogP contribution in [-0.4, -0.2) is 28.7 Å². The van der Waals surface area contributed by atoms with Gasteiger partial charge in [0.1, 0.15) is 4.92 Å². The zero-order valence-corrected chi connectivity index (χ0v) is 18.4. The molecule has 0 atom stereocenters. The van der Waals surface area contributed by atoms with Gasteiger partial charge in [-0.05, 0) is 12.5 Å². The highest BCUT2D eigenvalue weighted by molar-refractivity contribution is 5.79. The van der Waals surface area contributed by atoms with Gasteiger partial charge in [-0.25, -0.2) is 9.80 Å². The molecule has 1 aromatic rings. The SMILES string of the molecule is CCCCCCCCCCCCCCCCN(/N=C\c1ccc([N+](=O)[O-])o1)C(N)=O. The molecule has 2 amide bonds. The summed E-state index contributed by atoms with van der Waals surface area (Å²) in [6.45, 7) is 2.67. The predicted molar refractivity (Wildman–Crippen MR) is 120 cm³/mol. The van der Waals surface area contributed by atoms with E-state index in [-0.39, 0.29) is 11.6 Å². The third kappa shape index (κ3) is 12.2. The fourth-order valence-electron chi connectivity index (χ4n) is 3.32. The van der Waals surface area contributed by atoms with E-state index in [1.807, 2.05) is 0 Å². The van der Waals surface area contributed by atoms with Gasteiger partial charge < -0.3 is 10.2 Å². The fraction of sp³-hybridized carbons (Fsp3) is 0.727. The van der Waals surface area contributed by atoms with Crippen LogP contribution in [0.15, 0.2) is 21.7 Å². The Kier molecular flexibility index (Phi) is 14.0. The van der Waals surface area contributed by atoms with Crippen LogP contribution in [0.1, 0.15) is 103 Å². The number of nitrogens with zero attached hydrogens (tertiary/aromatic N) is 3. The van der Waals surface area contributed by atoms with E-state index in [4.69, 9.17) is 10.2 Å². The topological polar surface area (TPSA) is 115 Å². The van der Waals surface area contributed by atoms with Crippen LogP contribution in [-0.2, 0) is 0 Å². The second kappa shape index (κ2) is 16.4. The molecule has 0 saturated carbocycles. The van der Waals surface area contributed by atoms with E-state index < -0.39 is 11.0 Å². The number of primary amides is 1. The van der Waals surface area contributed by atoms with E-state index in [0.29, 0.717) is 6.54 Å². The number of nitro groups is 1. The van der Waals surface area contributed by atoms with Crippen molar-refractivity contribution in [2.75, 3.05) is 6.54 Å². The normalized spacial score (nSPS) is 11.2. The van der Waals surface area contributed by atoms with Gasteiger partial charge in [0.25, 0.3) is 0 Å². The lowest BCUT2D eigenvalue weighted by Crippen LogP contribution is -2.32. The predicted octanol–water partition coefficient (Wildman–Crippen LogP) is 6.38. The number of nitrogens with two attached hydrogens (primary N) is 1. The molecular formula is C22H38N4O4. The number of rotatable bonds is 18. The zero-order chi connectivity index (χ0) is 22.0. The number of hydrogen-bond acceptors (Lipinski definition) is 5. The Morgan fingerprint density at radius 2 is 1.50 bits per heavy atom. The fourth-order valence-corrected chi connectivity index (χ4v) is 3.32. The third-order valence-corrected chi connectivity index (χ3v) is 5.09. The summed E-state index contributed by atoms with van der Waals surface area (Å²) in [5.41, 5.74) is 5.34. The number of carbonyl (C=O) groups excluding carboxylic acids is 1. The summed E-state index contributed by atoms with van der Waals surface area (Å²) in [6.07, 6.45) is 18.9. The van der Waals surface area contributed by atoms with Crippen molar-refractivity contribution in [3.63, 3.8) is 0 Å². The Hall–Kier alpha value is -2.38. The lowest BCUT2D eigenvalue weighted by atomic mass is 10.0. The number of carbonyl (C=O) groups is 1. The summed E-state index contributed by atoms with van der Waals surface area (Å²) in [5.74, 6) is -0.164. The van der Waals surface area contributed by atoms with Crippen molar-refractivity contribution in [1.82, 2.24) is 5.01 Å². The number of amides is 2. The molecule has 0 spiro atoms. The van der Waals surface area contributed by atoms with Crippen LogP contribution in [0.4, 0.5) is 10.7 Å². The molecule has 0 aliphatic rings. The molecule has 0 fully saturated rings. The molecule has 1 heterocycles. The Balaban J connectivity index is 2.05. The summed E-state index contributed by atoms with van der Waals surface area (Å²) in [6, 6.07) is 2.01. The Bertz CT molecular complexity index is 630. The number of urea groups is 1. The van der Waals surface area contributed by atoms with Crippen LogP contribution in [0.3, 0.4) is 0 Å². The van der Waals surface area contributed by atoms with Crippen LogP contribution in [0.25, 0.3) is 0 Å². The molecule has 0 saturated heterocycles. The van der Waals surface area contributed by atoms with Gasteiger partial charge in [0, 0.05) is 6.54 Å². The maximum atomic E-state index is 11.5. The number of furan rings is 1. The molecule has 1 aromatic heterocycles. The lowest BCUT2D eigenvalue weighted by Gasteiger charge is -2.13. The second-order valence-electron chi connectivity index (χ2n) is 7.74. The molecule has 0 radical (unpaired) electrons. The molecule has 0 aliphatic heterocycles. The van der Waals surface area contributed by atoms with Crippen LogP contribution in [0, 0.1) is 10.1 Å². The number of unbranched alkanes of at least 4 members (excludes halogenated alkanes) is 13. The van der Waals surface area contributed by atoms with Crippen molar-refractivity contribution >= 4 is 18.1 Å². The molecule has 0 unspecified atom stereocenters. The first-order valence-electron chi connectivity index (χ1n) is 11.4. The van der Waals surface area contributed by atoms with Gasteiger partial charge in [0.05, 0.1) is 12.3 Å². The van der Waals surface area contributed by atoms with Gasteiger partial charge in [-0.2, -0.15) is 5.10 Å². The molecule has 8 nitrogen and oxygen atoms in total. The van der Waals surface area contributed by atoms with Gasteiger partial charge >= 0.3 is 11.9 Å².